The summed E-state index contributed by atoms with van der Waals surface area (Å²) in [7, 11) is 0. The Bertz CT molecular complexity index is 782. The molecule has 0 atom stereocenters. The zero-order valence-corrected chi connectivity index (χ0v) is 21.0. The van der Waals surface area contributed by atoms with E-state index in [-0.39, 0.29) is 0 Å². The van der Waals surface area contributed by atoms with Crippen molar-refractivity contribution >= 4 is 34.6 Å². The number of ether oxygens (including phenoxy) is 1. The number of anilines is 2. The van der Waals surface area contributed by atoms with Gasteiger partial charge < -0.3 is 14.5 Å². The van der Waals surface area contributed by atoms with Crippen molar-refractivity contribution in [3.63, 3.8) is 0 Å². The van der Waals surface area contributed by atoms with Crippen LogP contribution in [0.4, 0.5) is 11.4 Å². The van der Waals surface area contributed by atoms with Crippen molar-refractivity contribution in [2.45, 2.75) is 12.8 Å². The van der Waals surface area contributed by atoms with Gasteiger partial charge in [0.15, 0.2) is 0 Å². The van der Waals surface area contributed by atoms with E-state index in [4.69, 9.17) is 27.9 Å². The molecule has 0 aromatic heterocycles. The van der Waals surface area contributed by atoms with E-state index < -0.39 is 0 Å². The molecule has 0 bridgehead atoms. The molecule has 2 aromatic carbocycles. The molecule has 2 aliphatic rings. The van der Waals surface area contributed by atoms with E-state index in [0.29, 0.717) is 0 Å². The Morgan fingerprint density at radius 1 is 0.606 bits per heavy atom. The average molecular weight is 492 g/mol. The van der Waals surface area contributed by atoms with Crippen LogP contribution < -0.4 is 9.80 Å². The molecule has 2 saturated heterocycles. The maximum atomic E-state index is 6.13. The van der Waals surface area contributed by atoms with Crippen LogP contribution in [0.1, 0.15) is 12.8 Å². The monoisotopic (exact) mass is 490 g/mol. The summed E-state index contributed by atoms with van der Waals surface area (Å²) < 4.78 is 5.92. The van der Waals surface area contributed by atoms with Gasteiger partial charge in [0.05, 0.1) is 0 Å². The van der Waals surface area contributed by atoms with Crippen LogP contribution in [0, 0.1) is 0 Å². The molecule has 2 fully saturated rings. The second-order valence-corrected chi connectivity index (χ2v) is 9.81. The largest absolute Gasteiger partial charge is 0.381 e. The smallest absolute Gasteiger partial charge is 0.0478 e. The number of rotatable bonds is 10. The number of benzene rings is 2. The summed E-state index contributed by atoms with van der Waals surface area (Å²) in [6, 6.07) is 16.3. The van der Waals surface area contributed by atoms with E-state index >= 15 is 0 Å². The highest BCUT2D eigenvalue weighted by atomic mass is 35.5. The lowest BCUT2D eigenvalue weighted by atomic mass is 10.2. The number of hydrogen-bond acceptors (Lipinski definition) is 5. The molecule has 180 valence electrons. The van der Waals surface area contributed by atoms with Crippen LogP contribution in [0.25, 0.3) is 0 Å². The predicted octanol–water partition coefficient (Wildman–Crippen LogP) is 4.73. The van der Waals surface area contributed by atoms with Crippen molar-refractivity contribution < 1.29 is 4.74 Å². The quantitative estimate of drug-likeness (QED) is 0.447. The molecule has 0 N–H and O–H groups in total. The topological polar surface area (TPSA) is 22.2 Å². The Hall–Kier alpha value is -1.50. The Morgan fingerprint density at radius 2 is 1.03 bits per heavy atom. The first-order valence-corrected chi connectivity index (χ1v) is 13.0. The molecule has 7 heteroatoms. The molecule has 0 amide bonds. The lowest BCUT2D eigenvalue weighted by Gasteiger charge is -2.36. The fourth-order valence-electron chi connectivity index (χ4n) is 4.69. The fraction of sp³-hybridized carbons (Fsp3) is 0.538. The number of nitrogens with zero attached hydrogens (tertiary/aromatic N) is 4. The van der Waals surface area contributed by atoms with Crippen molar-refractivity contribution in [2.24, 2.45) is 0 Å². The fourth-order valence-corrected chi connectivity index (χ4v) is 5.06. The molecule has 5 nitrogen and oxygen atoms in total. The average Bonchev–Trinajstić information content (AvgIpc) is 2.84. The minimum atomic E-state index is 0.812. The Labute approximate surface area is 208 Å². The SMILES string of the molecule is Clc1cccc(N2CCN(CCCOCCCN3CCN(c4cccc(Cl)c4)CC3)CC2)c1. The molecule has 2 heterocycles. The van der Waals surface area contributed by atoms with Crippen LogP contribution in [0.3, 0.4) is 0 Å². The first kappa shape index (κ1) is 24.6. The van der Waals surface area contributed by atoms with Gasteiger partial charge in [-0.25, -0.2) is 0 Å². The lowest BCUT2D eigenvalue weighted by molar-refractivity contribution is 0.108. The highest BCUT2D eigenvalue weighted by Gasteiger charge is 2.18. The van der Waals surface area contributed by atoms with Gasteiger partial charge in [0.2, 0.25) is 0 Å². The summed E-state index contributed by atoms with van der Waals surface area (Å²) in [5.74, 6) is 0. The van der Waals surface area contributed by atoms with Gasteiger partial charge in [0.25, 0.3) is 0 Å². The number of hydrogen-bond donors (Lipinski definition) is 0. The normalized spacial score (nSPS) is 18.1. The van der Waals surface area contributed by atoms with Crippen molar-refractivity contribution in [1.29, 1.82) is 0 Å². The minimum Gasteiger partial charge on any atom is -0.381 e. The molecule has 0 aliphatic carbocycles. The van der Waals surface area contributed by atoms with Crippen molar-refractivity contribution in [2.75, 3.05) is 88.5 Å². The summed E-state index contributed by atoms with van der Waals surface area (Å²) >= 11 is 12.3. The van der Waals surface area contributed by atoms with Gasteiger partial charge in [-0.15, -0.1) is 0 Å². The molecule has 4 rings (SSSR count). The molecular weight excluding hydrogens is 455 g/mol. The van der Waals surface area contributed by atoms with Gasteiger partial charge in [0.1, 0.15) is 0 Å². The molecule has 2 aromatic rings. The number of piperazine rings is 2. The van der Waals surface area contributed by atoms with E-state index in [0.717, 1.165) is 102 Å². The van der Waals surface area contributed by atoms with Gasteiger partial charge in [-0.1, -0.05) is 35.3 Å². The summed E-state index contributed by atoms with van der Waals surface area (Å²) in [5.41, 5.74) is 2.47. The van der Waals surface area contributed by atoms with E-state index in [1.807, 2.05) is 24.3 Å². The van der Waals surface area contributed by atoms with E-state index in [2.05, 4.69) is 43.9 Å². The third-order valence-electron chi connectivity index (χ3n) is 6.62. The van der Waals surface area contributed by atoms with Crippen molar-refractivity contribution in [1.82, 2.24) is 9.80 Å². The minimum absolute atomic E-state index is 0.812. The van der Waals surface area contributed by atoms with Gasteiger partial charge in [-0.05, 0) is 49.2 Å². The summed E-state index contributed by atoms with van der Waals surface area (Å²) in [6.45, 7) is 12.6. The molecular formula is C26H36Cl2N4O. The van der Waals surface area contributed by atoms with Crippen LogP contribution in [0.2, 0.25) is 10.0 Å². The zero-order chi connectivity index (χ0) is 22.9. The lowest BCUT2D eigenvalue weighted by Crippen LogP contribution is -2.47. The summed E-state index contributed by atoms with van der Waals surface area (Å²) in [6.07, 6.45) is 2.21. The highest BCUT2D eigenvalue weighted by molar-refractivity contribution is 6.31. The predicted molar refractivity (Wildman–Crippen MR) is 140 cm³/mol. The van der Waals surface area contributed by atoms with E-state index in [9.17, 15) is 0 Å². The maximum Gasteiger partial charge on any atom is 0.0478 e. The van der Waals surface area contributed by atoms with Crippen LogP contribution in [-0.4, -0.2) is 88.5 Å². The number of halogens is 2. The molecule has 0 radical (unpaired) electrons. The second-order valence-electron chi connectivity index (χ2n) is 8.94. The van der Waals surface area contributed by atoms with Crippen LogP contribution >= 0.6 is 23.2 Å². The Morgan fingerprint density at radius 3 is 1.42 bits per heavy atom. The highest BCUT2D eigenvalue weighted by Crippen LogP contribution is 2.22. The zero-order valence-electron chi connectivity index (χ0n) is 19.5. The van der Waals surface area contributed by atoms with E-state index in [1.54, 1.807) is 0 Å². The van der Waals surface area contributed by atoms with Gasteiger partial charge in [-0.3, -0.25) is 9.80 Å². The Kier molecular flexibility index (Phi) is 9.56. The molecule has 33 heavy (non-hydrogen) atoms. The van der Waals surface area contributed by atoms with Gasteiger partial charge in [0, 0.05) is 100 Å². The van der Waals surface area contributed by atoms with Gasteiger partial charge in [-0.2, -0.15) is 0 Å². The van der Waals surface area contributed by atoms with Crippen molar-refractivity contribution in [3.05, 3.63) is 58.6 Å². The maximum absolute atomic E-state index is 6.13. The Balaban J connectivity index is 1.01. The third-order valence-corrected chi connectivity index (χ3v) is 7.09. The van der Waals surface area contributed by atoms with Gasteiger partial charge >= 0.3 is 0 Å². The summed E-state index contributed by atoms with van der Waals surface area (Å²) in [5, 5.41) is 1.62. The standard InChI is InChI=1S/C26H36Cl2N4O/c27-23-5-1-7-25(21-23)31-15-11-29(12-16-31)9-3-19-33-20-4-10-30-13-17-32(18-14-30)26-8-2-6-24(28)22-26/h1-2,5-8,21-22H,3-4,9-20H2. The summed E-state index contributed by atoms with van der Waals surface area (Å²) in [4.78, 5) is 9.94. The first-order valence-electron chi connectivity index (χ1n) is 12.2. The molecule has 0 unspecified atom stereocenters. The first-order chi connectivity index (χ1) is 16.2. The van der Waals surface area contributed by atoms with E-state index in [1.165, 1.54) is 11.4 Å². The van der Waals surface area contributed by atoms with Crippen LogP contribution in [-0.2, 0) is 4.74 Å². The van der Waals surface area contributed by atoms with Crippen LogP contribution in [0.15, 0.2) is 48.5 Å². The second kappa shape index (κ2) is 12.8. The van der Waals surface area contributed by atoms with Crippen molar-refractivity contribution in [3.8, 4) is 0 Å². The molecule has 0 saturated carbocycles. The van der Waals surface area contributed by atoms with Crippen LogP contribution in [0.5, 0.6) is 0 Å². The molecule has 0 spiro atoms. The third kappa shape index (κ3) is 7.76. The molecule has 2 aliphatic heterocycles.